The van der Waals surface area contributed by atoms with Crippen LogP contribution in [-0.4, -0.2) is 73.0 Å². The van der Waals surface area contributed by atoms with Crippen LogP contribution in [0.25, 0.3) is 0 Å². The van der Waals surface area contributed by atoms with Gasteiger partial charge >= 0.3 is 0 Å². The standard InChI is InChI=1S/C21H32FN3O/c1-17(24-14-12-23(2)13-15-24)19-8-10-25(11-9-19)21(26)7-6-18-4-3-5-20(22)16-18/h3-5,16-17,19H,6-15H2,1-2H3/t17-/m0/s1. The van der Waals surface area contributed by atoms with Gasteiger partial charge in [-0.15, -0.1) is 0 Å². The van der Waals surface area contributed by atoms with Crippen molar-refractivity contribution in [2.45, 2.75) is 38.6 Å². The molecule has 2 aliphatic heterocycles. The largest absolute Gasteiger partial charge is 0.343 e. The molecule has 4 nitrogen and oxygen atoms in total. The molecule has 2 saturated heterocycles. The fourth-order valence-electron chi connectivity index (χ4n) is 4.26. The first-order valence-electron chi connectivity index (χ1n) is 9.98. The molecule has 2 aliphatic rings. The maximum Gasteiger partial charge on any atom is 0.222 e. The predicted octanol–water partition coefficient (Wildman–Crippen LogP) is 2.63. The van der Waals surface area contributed by atoms with Crippen molar-refractivity contribution >= 4 is 5.91 Å². The van der Waals surface area contributed by atoms with Gasteiger partial charge in [-0.25, -0.2) is 4.39 Å². The third-order valence-electron chi connectivity index (χ3n) is 6.20. The number of piperidine rings is 1. The van der Waals surface area contributed by atoms with Crippen LogP contribution >= 0.6 is 0 Å². The summed E-state index contributed by atoms with van der Waals surface area (Å²) in [7, 11) is 2.19. The summed E-state index contributed by atoms with van der Waals surface area (Å²) in [6.07, 6.45) is 3.29. The summed E-state index contributed by atoms with van der Waals surface area (Å²) < 4.78 is 13.2. The van der Waals surface area contributed by atoms with Gasteiger partial charge in [0.1, 0.15) is 5.82 Å². The monoisotopic (exact) mass is 361 g/mol. The van der Waals surface area contributed by atoms with Crippen molar-refractivity contribution in [1.29, 1.82) is 0 Å². The van der Waals surface area contributed by atoms with E-state index in [1.54, 1.807) is 6.07 Å². The second kappa shape index (κ2) is 8.96. The number of aryl methyl sites for hydroxylation is 1. The van der Waals surface area contributed by atoms with Gasteiger partial charge in [0.05, 0.1) is 0 Å². The zero-order valence-electron chi connectivity index (χ0n) is 16.2. The minimum atomic E-state index is -0.228. The van der Waals surface area contributed by atoms with Crippen LogP contribution in [0.3, 0.4) is 0 Å². The van der Waals surface area contributed by atoms with Crippen LogP contribution in [0.5, 0.6) is 0 Å². The van der Waals surface area contributed by atoms with Crippen molar-refractivity contribution in [2.75, 3.05) is 46.3 Å². The van der Waals surface area contributed by atoms with Gasteiger partial charge in [0.2, 0.25) is 5.91 Å². The zero-order valence-corrected chi connectivity index (χ0v) is 16.2. The number of halogens is 1. The zero-order chi connectivity index (χ0) is 18.5. The summed E-state index contributed by atoms with van der Waals surface area (Å²) in [5.41, 5.74) is 0.900. The van der Waals surface area contributed by atoms with Gasteiger partial charge in [0.25, 0.3) is 0 Å². The van der Waals surface area contributed by atoms with Crippen molar-refractivity contribution < 1.29 is 9.18 Å². The van der Waals surface area contributed by atoms with E-state index in [-0.39, 0.29) is 11.7 Å². The molecule has 0 aromatic heterocycles. The molecular weight excluding hydrogens is 329 g/mol. The van der Waals surface area contributed by atoms with Gasteiger partial charge in [0.15, 0.2) is 0 Å². The molecule has 1 aromatic carbocycles. The third kappa shape index (κ3) is 5.04. The van der Waals surface area contributed by atoms with Crippen molar-refractivity contribution in [3.05, 3.63) is 35.6 Å². The second-order valence-electron chi connectivity index (χ2n) is 7.93. The van der Waals surface area contributed by atoms with E-state index in [0.717, 1.165) is 57.7 Å². The molecule has 1 atom stereocenters. The Kier molecular flexibility index (Phi) is 6.65. The van der Waals surface area contributed by atoms with E-state index in [1.807, 2.05) is 11.0 Å². The van der Waals surface area contributed by atoms with Gasteiger partial charge < -0.3 is 9.80 Å². The van der Waals surface area contributed by atoms with Crippen LogP contribution in [0, 0.1) is 11.7 Å². The Morgan fingerprint density at radius 3 is 2.50 bits per heavy atom. The molecule has 0 N–H and O–H groups in total. The van der Waals surface area contributed by atoms with Gasteiger partial charge in [-0.2, -0.15) is 0 Å². The first kappa shape index (κ1) is 19.3. The Hall–Kier alpha value is -1.46. The molecule has 0 spiro atoms. The van der Waals surface area contributed by atoms with E-state index >= 15 is 0 Å². The second-order valence-corrected chi connectivity index (χ2v) is 7.93. The molecular formula is C21H32FN3O. The fraction of sp³-hybridized carbons (Fsp3) is 0.667. The molecule has 26 heavy (non-hydrogen) atoms. The Morgan fingerprint density at radius 2 is 1.85 bits per heavy atom. The Balaban J connectivity index is 1.42. The number of likely N-dealkylation sites (tertiary alicyclic amines) is 1. The van der Waals surface area contributed by atoms with Crippen molar-refractivity contribution in [1.82, 2.24) is 14.7 Å². The van der Waals surface area contributed by atoms with E-state index < -0.39 is 0 Å². The highest BCUT2D eigenvalue weighted by Crippen LogP contribution is 2.25. The molecule has 0 bridgehead atoms. The molecule has 0 saturated carbocycles. The normalized spacial score (nSPS) is 21.7. The number of nitrogens with zero attached hydrogens (tertiary/aromatic N) is 3. The Labute approximate surface area is 157 Å². The number of rotatable bonds is 5. The minimum absolute atomic E-state index is 0.208. The van der Waals surface area contributed by atoms with Crippen LogP contribution < -0.4 is 0 Å². The molecule has 2 heterocycles. The maximum absolute atomic E-state index is 13.2. The lowest BCUT2D eigenvalue weighted by Crippen LogP contribution is -2.52. The summed E-state index contributed by atoms with van der Waals surface area (Å²) in [5, 5.41) is 0. The number of benzene rings is 1. The Morgan fingerprint density at radius 1 is 1.15 bits per heavy atom. The summed E-state index contributed by atoms with van der Waals surface area (Å²) in [6.45, 7) is 8.71. The van der Waals surface area contributed by atoms with Gasteiger partial charge in [-0.05, 0) is 56.8 Å². The molecule has 2 fully saturated rings. The van der Waals surface area contributed by atoms with E-state index in [9.17, 15) is 9.18 Å². The summed E-state index contributed by atoms with van der Waals surface area (Å²) in [6, 6.07) is 7.17. The van der Waals surface area contributed by atoms with Gasteiger partial charge in [-0.3, -0.25) is 9.69 Å². The maximum atomic E-state index is 13.2. The number of hydrogen-bond acceptors (Lipinski definition) is 3. The fourth-order valence-corrected chi connectivity index (χ4v) is 4.26. The van der Waals surface area contributed by atoms with Crippen LogP contribution in [0.4, 0.5) is 4.39 Å². The third-order valence-corrected chi connectivity index (χ3v) is 6.20. The van der Waals surface area contributed by atoms with E-state index in [1.165, 1.54) is 12.1 Å². The quantitative estimate of drug-likeness (QED) is 0.807. The molecule has 5 heteroatoms. The smallest absolute Gasteiger partial charge is 0.222 e. The summed E-state index contributed by atoms with van der Waals surface area (Å²) in [4.78, 5) is 19.5. The van der Waals surface area contributed by atoms with E-state index in [4.69, 9.17) is 0 Å². The lowest BCUT2D eigenvalue weighted by atomic mass is 9.89. The van der Waals surface area contributed by atoms with E-state index in [0.29, 0.717) is 24.8 Å². The van der Waals surface area contributed by atoms with Crippen LogP contribution in [0.15, 0.2) is 24.3 Å². The molecule has 1 aromatic rings. The van der Waals surface area contributed by atoms with E-state index in [2.05, 4.69) is 23.8 Å². The molecule has 1 amide bonds. The van der Waals surface area contributed by atoms with Crippen molar-refractivity contribution in [3.8, 4) is 0 Å². The summed E-state index contributed by atoms with van der Waals surface area (Å²) >= 11 is 0. The topological polar surface area (TPSA) is 26.8 Å². The van der Waals surface area contributed by atoms with Crippen molar-refractivity contribution in [3.63, 3.8) is 0 Å². The highest BCUT2D eigenvalue weighted by molar-refractivity contribution is 5.76. The minimum Gasteiger partial charge on any atom is -0.343 e. The number of carbonyl (C=O) groups excluding carboxylic acids is 1. The average molecular weight is 362 g/mol. The SMILES string of the molecule is C[C@@H](C1CCN(C(=O)CCc2cccc(F)c2)CC1)N1CCN(C)CC1. The number of carbonyl (C=O) groups is 1. The number of likely N-dealkylation sites (N-methyl/N-ethyl adjacent to an activating group) is 1. The first-order chi connectivity index (χ1) is 12.5. The molecule has 0 unspecified atom stereocenters. The molecule has 0 aliphatic carbocycles. The highest BCUT2D eigenvalue weighted by Gasteiger charge is 2.30. The lowest BCUT2D eigenvalue weighted by Gasteiger charge is -2.42. The number of hydrogen-bond donors (Lipinski definition) is 0. The molecule has 0 radical (unpaired) electrons. The lowest BCUT2D eigenvalue weighted by molar-refractivity contribution is -0.132. The van der Waals surface area contributed by atoms with Crippen molar-refractivity contribution in [2.24, 2.45) is 5.92 Å². The average Bonchev–Trinajstić information content (AvgIpc) is 2.66. The number of piperazine rings is 1. The first-order valence-corrected chi connectivity index (χ1v) is 9.98. The molecule has 144 valence electrons. The van der Waals surface area contributed by atoms with Crippen LogP contribution in [0.2, 0.25) is 0 Å². The molecule has 3 rings (SSSR count). The highest BCUT2D eigenvalue weighted by atomic mass is 19.1. The van der Waals surface area contributed by atoms with Crippen LogP contribution in [0.1, 0.15) is 31.7 Å². The number of amides is 1. The Bertz CT molecular complexity index is 593. The summed E-state index contributed by atoms with van der Waals surface area (Å²) in [5.74, 6) is 0.666. The van der Waals surface area contributed by atoms with Gasteiger partial charge in [-0.1, -0.05) is 12.1 Å². The van der Waals surface area contributed by atoms with Gasteiger partial charge in [0, 0.05) is 51.7 Å². The van der Waals surface area contributed by atoms with Crippen LogP contribution in [-0.2, 0) is 11.2 Å². The predicted molar refractivity (Wildman–Crippen MR) is 103 cm³/mol.